The zero-order chi connectivity index (χ0) is 21.3. The standard InChI is InChI=1S/C25H28N4O2/c1-19-16-23(21-7-2-3-8-22(21)27-19)29-14-15-31-25(18-29)9-12-28(13-10-25)24(30)17-20-6-4-5-11-26-20/h2-8,11,16H,9-10,12-15,17-18H2,1H3. The summed E-state index contributed by atoms with van der Waals surface area (Å²) in [5.74, 6) is 0.150. The van der Waals surface area contributed by atoms with E-state index in [1.165, 1.54) is 11.1 Å². The lowest BCUT2D eigenvalue weighted by Gasteiger charge is -2.48. The summed E-state index contributed by atoms with van der Waals surface area (Å²) in [6, 6.07) is 16.2. The molecule has 0 radical (unpaired) electrons. The van der Waals surface area contributed by atoms with Gasteiger partial charge in [0.2, 0.25) is 5.91 Å². The highest BCUT2D eigenvalue weighted by Gasteiger charge is 2.41. The number of carbonyl (C=O) groups is 1. The highest BCUT2D eigenvalue weighted by atomic mass is 16.5. The van der Waals surface area contributed by atoms with Crippen LogP contribution in [-0.2, 0) is 16.0 Å². The summed E-state index contributed by atoms with van der Waals surface area (Å²) in [7, 11) is 0. The van der Waals surface area contributed by atoms with Crippen molar-refractivity contribution in [3.63, 3.8) is 0 Å². The second kappa shape index (κ2) is 8.27. The van der Waals surface area contributed by atoms with Crippen molar-refractivity contribution in [1.29, 1.82) is 0 Å². The molecule has 0 bridgehead atoms. The Morgan fingerprint density at radius 2 is 1.90 bits per heavy atom. The maximum atomic E-state index is 12.7. The molecule has 2 aromatic heterocycles. The van der Waals surface area contributed by atoms with E-state index >= 15 is 0 Å². The third kappa shape index (κ3) is 4.12. The zero-order valence-corrected chi connectivity index (χ0v) is 18.0. The number of amides is 1. The van der Waals surface area contributed by atoms with Gasteiger partial charge in [-0.05, 0) is 44.0 Å². The van der Waals surface area contributed by atoms with Crippen LogP contribution in [0.2, 0.25) is 0 Å². The van der Waals surface area contributed by atoms with E-state index in [1.807, 2.05) is 29.2 Å². The summed E-state index contributed by atoms with van der Waals surface area (Å²) < 4.78 is 6.34. The SMILES string of the molecule is Cc1cc(N2CCOC3(CCN(C(=O)Cc4ccccn4)CC3)C2)c2ccccc2n1. The van der Waals surface area contributed by atoms with E-state index < -0.39 is 0 Å². The summed E-state index contributed by atoms with van der Waals surface area (Å²) >= 11 is 0. The van der Waals surface area contributed by atoms with Crippen molar-refractivity contribution in [2.24, 2.45) is 0 Å². The molecule has 5 rings (SSSR count). The average molecular weight is 417 g/mol. The highest BCUT2D eigenvalue weighted by Crippen LogP contribution is 2.35. The predicted molar refractivity (Wildman–Crippen MR) is 121 cm³/mol. The summed E-state index contributed by atoms with van der Waals surface area (Å²) in [5.41, 5.74) is 3.93. The van der Waals surface area contributed by atoms with E-state index in [-0.39, 0.29) is 11.5 Å². The number of hydrogen-bond acceptors (Lipinski definition) is 5. The van der Waals surface area contributed by atoms with E-state index in [2.05, 4.69) is 41.1 Å². The molecule has 2 fully saturated rings. The monoisotopic (exact) mass is 416 g/mol. The van der Waals surface area contributed by atoms with Gasteiger partial charge in [0.15, 0.2) is 0 Å². The molecule has 0 aliphatic carbocycles. The van der Waals surface area contributed by atoms with Crippen LogP contribution in [0.25, 0.3) is 10.9 Å². The average Bonchev–Trinajstić information content (AvgIpc) is 2.79. The first-order valence-corrected chi connectivity index (χ1v) is 11.0. The third-order valence-electron chi connectivity index (χ3n) is 6.50. The van der Waals surface area contributed by atoms with Crippen LogP contribution in [0.1, 0.15) is 24.2 Å². The molecule has 2 aliphatic heterocycles. The molecule has 3 aromatic rings. The topological polar surface area (TPSA) is 58.6 Å². The molecule has 1 aromatic carbocycles. The number of piperidine rings is 1. The lowest BCUT2D eigenvalue weighted by molar-refractivity contribution is -0.138. The number of likely N-dealkylation sites (tertiary alicyclic amines) is 1. The Labute approximate surface area is 182 Å². The molecule has 1 amide bonds. The number of nitrogens with zero attached hydrogens (tertiary/aromatic N) is 4. The van der Waals surface area contributed by atoms with Crippen molar-refractivity contribution in [2.45, 2.75) is 31.8 Å². The van der Waals surface area contributed by atoms with Crippen molar-refractivity contribution in [3.8, 4) is 0 Å². The molecule has 0 N–H and O–H groups in total. The third-order valence-corrected chi connectivity index (χ3v) is 6.50. The van der Waals surface area contributed by atoms with Crippen molar-refractivity contribution in [3.05, 3.63) is 66.1 Å². The molecular weight excluding hydrogens is 388 g/mol. The van der Waals surface area contributed by atoms with Crippen LogP contribution in [0.15, 0.2) is 54.7 Å². The number of para-hydroxylation sites is 1. The Bertz CT molecular complexity index is 1080. The van der Waals surface area contributed by atoms with E-state index in [0.717, 1.165) is 55.9 Å². The molecule has 2 saturated heterocycles. The van der Waals surface area contributed by atoms with Gasteiger partial charge in [-0.2, -0.15) is 0 Å². The minimum atomic E-state index is -0.196. The Hall–Kier alpha value is -2.99. The van der Waals surface area contributed by atoms with E-state index in [9.17, 15) is 4.79 Å². The van der Waals surface area contributed by atoms with Gasteiger partial charge in [0.25, 0.3) is 0 Å². The summed E-state index contributed by atoms with van der Waals surface area (Å²) in [6.45, 7) is 5.95. The van der Waals surface area contributed by atoms with E-state index in [0.29, 0.717) is 13.0 Å². The summed E-state index contributed by atoms with van der Waals surface area (Å²) in [5, 5.41) is 1.19. The van der Waals surface area contributed by atoms with Gasteiger partial charge in [-0.1, -0.05) is 24.3 Å². The van der Waals surface area contributed by atoms with Gasteiger partial charge in [-0.25, -0.2) is 0 Å². The second-order valence-electron chi connectivity index (χ2n) is 8.63. The van der Waals surface area contributed by atoms with Crippen LogP contribution in [0, 0.1) is 6.92 Å². The zero-order valence-electron chi connectivity index (χ0n) is 18.0. The molecule has 160 valence electrons. The second-order valence-corrected chi connectivity index (χ2v) is 8.63. The number of ether oxygens (including phenoxy) is 1. The maximum Gasteiger partial charge on any atom is 0.228 e. The number of rotatable bonds is 3. The molecule has 1 spiro atoms. The van der Waals surface area contributed by atoms with Gasteiger partial charge >= 0.3 is 0 Å². The number of carbonyl (C=O) groups excluding carboxylic acids is 1. The van der Waals surface area contributed by atoms with Gasteiger partial charge in [-0.15, -0.1) is 0 Å². The minimum Gasteiger partial charge on any atom is -0.371 e. The van der Waals surface area contributed by atoms with Crippen molar-refractivity contribution >= 4 is 22.5 Å². The van der Waals surface area contributed by atoms with Crippen LogP contribution in [-0.4, -0.2) is 59.2 Å². The Balaban J connectivity index is 1.29. The summed E-state index contributed by atoms with van der Waals surface area (Å²) in [4.78, 5) is 26.1. The van der Waals surface area contributed by atoms with Gasteiger partial charge in [0.1, 0.15) is 0 Å². The van der Waals surface area contributed by atoms with Crippen LogP contribution in [0.4, 0.5) is 5.69 Å². The van der Waals surface area contributed by atoms with E-state index in [4.69, 9.17) is 9.72 Å². The number of hydrogen-bond donors (Lipinski definition) is 0. The fourth-order valence-electron chi connectivity index (χ4n) is 4.83. The van der Waals surface area contributed by atoms with Gasteiger partial charge in [0, 0.05) is 54.8 Å². The Kier molecular flexibility index (Phi) is 5.32. The summed E-state index contributed by atoms with van der Waals surface area (Å²) in [6.07, 6.45) is 3.82. The number of aromatic nitrogens is 2. The lowest BCUT2D eigenvalue weighted by atomic mass is 9.88. The highest BCUT2D eigenvalue weighted by molar-refractivity contribution is 5.92. The van der Waals surface area contributed by atoms with Crippen molar-refractivity contribution in [1.82, 2.24) is 14.9 Å². The first-order chi connectivity index (χ1) is 15.1. The van der Waals surface area contributed by atoms with Crippen molar-refractivity contribution in [2.75, 3.05) is 37.7 Å². The number of aryl methyl sites for hydroxylation is 1. The fraction of sp³-hybridized carbons (Fsp3) is 0.400. The van der Waals surface area contributed by atoms with Gasteiger partial charge in [0.05, 0.1) is 24.1 Å². The molecule has 0 unspecified atom stereocenters. The first-order valence-electron chi connectivity index (χ1n) is 11.0. The molecular formula is C25H28N4O2. The molecule has 31 heavy (non-hydrogen) atoms. The number of benzene rings is 1. The van der Waals surface area contributed by atoms with Crippen LogP contribution < -0.4 is 4.90 Å². The molecule has 0 saturated carbocycles. The van der Waals surface area contributed by atoms with Crippen LogP contribution in [0.3, 0.4) is 0 Å². The number of morpholine rings is 1. The number of anilines is 1. The quantitative estimate of drug-likeness (QED) is 0.655. The predicted octanol–water partition coefficient (Wildman–Crippen LogP) is 3.38. The normalized spacial score (nSPS) is 18.5. The lowest BCUT2D eigenvalue weighted by Crippen LogP contribution is -2.57. The van der Waals surface area contributed by atoms with Gasteiger partial charge in [-0.3, -0.25) is 14.8 Å². The van der Waals surface area contributed by atoms with E-state index in [1.54, 1.807) is 6.20 Å². The largest absolute Gasteiger partial charge is 0.371 e. The Morgan fingerprint density at radius 1 is 1.10 bits per heavy atom. The smallest absolute Gasteiger partial charge is 0.228 e. The minimum absolute atomic E-state index is 0.150. The Morgan fingerprint density at radius 3 is 2.71 bits per heavy atom. The maximum absolute atomic E-state index is 12.7. The fourth-order valence-corrected chi connectivity index (χ4v) is 4.83. The van der Waals surface area contributed by atoms with Crippen LogP contribution >= 0.6 is 0 Å². The number of fused-ring (bicyclic) bond motifs is 1. The molecule has 4 heterocycles. The first kappa shape index (κ1) is 19.9. The van der Waals surface area contributed by atoms with Crippen molar-refractivity contribution < 1.29 is 9.53 Å². The molecule has 6 nitrogen and oxygen atoms in total. The molecule has 6 heteroatoms. The van der Waals surface area contributed by atoms with Gasteiger partial charge < -0.3 is 14.5 Å². The number of pyridine rings is 2. The molecule has 2 aliphatic rings. The van der Waals surface area contributed by atoms with Crippen LogP contribution in [0.5, 0.6) is 0 Å². The molecule has 0 atom stereocenters.